The summed E-state index contributed by atoms with van der Waals surface area (Å²) in [5, 5.41) is 4.61. The van der Waals surface area contributed by atoms with E-state index in [1.54, 1.807) is 0 Å². The smallest absolute Gasteiger partial charge is 0.143 e. The number of nitrogens with zero attached hydrogens (tertiary/aromatic N) is 1. The van der Waals surface area contributed by atoms with E-state index in [1.807, 2.05) is 6.07 Å². The Morgan fingerprint density at radius 2 is 0.759 bits per heavy atom. The molecule has 254 valence electrons. The van der Waals surface area contributed by atoms with Gasteiger partial charge in [-0.15, -0.1) is 0 Å². The molecular weight excluding hydrogens is 655 g/mol. The Labute approximate surface area is 314 Å². The molecule has 0 saturated heterocycles. The molecule has 0 fully saturated rings. The van der Waals surface area contributed by atoms with E-state index in [9.17, 15) is 0 Å². The molecule has 2 nitrogen and oxygen atoms in total. The number of fused-ring (bicyclic) bond motifs is 4. The molecule has 0 aliphatic carbocycles. The lowest BCUT2D eigenvalue weighted by molar-refractivity contribution is 0.670. The Bertz CT molecular complexity index is 2890. The Hall–Kier alpha value is -7.16. The SMILES string of the molecule is c1ccc(-c2ccc(-c3ccc(N(c4ccc(-c5ccccc5)cc4)c4cc(-c5ccc6ccccc6c5)c5oc6ccccc6c5c4)cc3)cc2)cc1. The molecule has 0 bridgehead atoms. The van der Waals surface area contributed by atoms with Crippen LogP contribution in [-0.4, -0.2) is 0 Å². The van der Waals surface area contributed by atoms with Gasteiger partial charge in [-0.3, -0.25) is 0 Å². The van der Waals surface area contributed by atoms with Crippen LogP contribution in [-0.2, 0) is 0 Å². The second kappa shape index (κ2) is 13.4. The van der Waals surface area contributed by atoms with E-state index >= 15 is 0 Å². The third-order valence-electron chi connectivity index (χ3n) is 10.5. The summed E-state index contributed by atoms with van der Waals surface area (Å²) in [4.78, 5) is 2.36. The highest BCUT2D eigenvalue weighted by atomic mass is 16.3. The fraction of sp³-hybridized carbons (Fsp3) is 0. The summed E-state index contributed by atoms with van der Waals surface area (Å²) >= 11 is 0. The van der Waals surface area contributed by atoms with E-state index in [0.29, 0.717) is 0 Å². The van der Waals surface area contributed by atoms with Gasteiger partial charge in [0.15, 0.2) is 0 Å². The molecule has 0 unspecified atom stereocenters. The Morgan fingerprint density at radius 3 is 1.35 bits per heavy atom. The molecule has 0 radical (unpaired) electrons. The zero-order chi connectivity index (χ0) is 35.8. The standard InChI is InChI=1S/C52H35NO/c1-3-11-36(12-4-1)39-19-21-40(22-20-39)42-27-31-46(32-28-42)53(45-29-25-41(26-30-45)37-13-5-2-6-14-37)47-34-49(44-24-23-38-15-7-8-16-43(38)33-44)52-50(35-47)48-17-9-10-18-51(48)54-52/h1-35H. The van der Waals surface area contributed by atoms with Crippen molar-refractivity contribution in [2.45, 2.75) is 0 Å². The van der Waals surface area contributed by atoms with Crippen molar-refractivity contribution >= 4 is 49.8 Å². The minimum Gasteiger partial charge on any atom is -0.455 e. The van der Waals surface area contributed by atoms with Crippen LogP contribution >= 0.6 is 0 Å². The zero-order valence-electron chi connectivity index (χ0n) is 29.6. The van der Waals surface area contributed by atoms with Crippen LogP contribution in [0.3, 0.4) is 0 Å². The van der Waals surface area contributed by atoms with Gasteiger partial charge in [-0.1, -0.05) is 164 Å². The van der Waals surface area contributed by atoms with Crippen LogP contribution in [0.4, 0.5) is 17.1 Å². The number of anilines is 3. The van der Waals surface area contributed by atoms with Crippen molar-refractivity contribution in [1.82, 2.24) is 0 Å². The highest BCUT2D eigenvalue weighted by Gasteiger charge is 2.20. The molecule has 0 N–H and O–H groups in total. The normalized spacial score (nSPS) is 11.3. The van der Waals surface area contributed by atoms with Crippen LogP contribution in [0, 0.1) is 0 Å². The second-order valence-electron chi connectivity index (χ2n) is 13.8. The Kier molecular flexibility index (Phi) is 7.85. The third-order valence-corrected chi connectivity index (χ3v) is 10.5. The van der Waals surface area contributed by atoms with Crippen molar-refractivity contribution in [2.24, 2.45) is 0 Å². The molecule has 0 saturated carbocycles. The minimum atomic E-state index is 0.882. The van der Waals surface area contributed by atoms with Crippen LogP contribution < -0.4 is 4.90 Å². The van der Waals surface area contributed by atoms with E-state index in [4.69, 9.17) is 4.42 Å². The molecule has 10 aromatic rings. The largest absolute Gasteiger partial charge is 0.455 e. The maximum atomic E-state index is 6.64. The molecular formula is C52H35NO. The average molecular weight is 690 g/mol. The van der Waals surface area contributed by atoms with E-state index in [-0.39, 0.29) is 0 Å². The predicted molar refractivity (Wildman–Crippen MR) is 228 cm³/mol. The molecule has 0 spiro atoms. The number of rotatable bonds is 7. The molecule has 0 atom stereocenters. The number of hydrogen-bond acceptors (Lipinski definition) is 2. The fourth-order valence-electron chi connectivity index (χ4n) is 7.68. The van der Waals surface area contributed by atoms with Gasteiger partial charge >= 0.3 is 0 Å². The summed E-state index contributed by atoms with van der Waals surface area (Å²) in [5.74, 6) is 0. The molecule has 1 aromatic heterocycles. The first-order valence-corrected chi connectivity index (χ1v) is 18.4. The quantitative estimate of drug-likeness (QED) is 0.166. The van der Waals surface area contributed by atoms with Crippen molar-refractivity contribution in [3.8, 4) is 44.5 Å². The third kappa shape index (κ3) is 5.81. The molecule has 9 aromatic carbocycles. The number of hydrogen-bond donors (Lipinski definition) is 0. The maximum Gasteiger partial charge on any atom is 0.143 e. The topological polar surface area (TPSA) is 16.4 Å². The highest BCUT2D eigenvalue weighted by Crippen LogP contribution is 2.44. The first-order valence-electron chi connectivity index (χ1n) is 18.4. The predicted octanol–water partition coefficient (Wildman–Crippen LogP) is 14.9. The second-order valence-corrected chi connectivity index (χ2v) is 13.8. The average Bonchev–Trinajstić information content (AvgIpc) is 3.63. The Balaban J connectivity index is 1.13. The monoisotopic (exact) mass is 689 g/mol. The summed E-state index contributed by atoms with van der Waals surface area (Å²) in [6.07, 6.45) is 0. The summed E-state index contributed by atoms with van der Waals surface area (Å²) in [6, 6.07) is 75.9. The van der Waals surface area contributed by atoms with Crippen LogP contribution in [0.15, 0.2) is 217 Å². The lowest BCUT2D eigenvalue weighted by Crippen LogP contribution is -2.10. The van der Waals surface area contributed by atoms with Crippen LogP contribution in [0.5, 0.6) is 0 Å². The maximum absolute atomic E-state index is 6.64. The lowest BCUT2D eigenvalue weighted by Gasteiger charge is -2.27. The fourth-order valence-corrected chi connectivity index (χ4v) is 7.68. The van der Waals surface area contributed by atoms with Crippen molar-refractivity contribution < 1.29 is 4.42 Å². The van der Waals surface area contributed by atoms with Crippen LogP contribution in [0.1, 0.15) is 0 Å². The lowest BCUT2D eigenvalue weighted by atomic mass is 9.97. The Morgan fingerprint density at radius 1 is 0.296 bits per heavy atom. The van der Waals surface area contributed by atoms with Crippen molar-refractivity contribution in [2.75, 3.05) is 4.90 Å². The van der Waals surface area contributed by atoms with Gasteiger partial charge in [0.25, 0.3) is 0 Å². The van der Waals surface area contributed by atoms with Crippen molar-refractivity contribution in [1.29, 1.82) is 0 Å². The van der Waals surface area contributed by atoms with Gasteiger partial charge < -0.3 is 9.32 Å². The van der Waals surface area contributed by atoms with Gasteiger partial charge in [0.2, 0.25) is 0 Å². The van der Waals surface area contributed by atoms with Gasteiger partial charge in [0.1, 0.15) is 11.2 Å². The molecule has 0 aliphatic rings. The zero-order valence-corrected chi connectivity index (χ0v) is 29.6. The van der Waals surface area contributed by atoms with Crippen molar-refractivity contribution in [3.63, 3.8) is 0 Å². The van der Waals surface area contributed by atoms with Gasteiger partial charge in [-0.2, -0.15) is 0 Å². The van der Waals surface area contributed by atoms with Gasteiger partial charge in [0.05, 0.1) is 0 Å². The molecule has 2 heteroatoms. The first kappa shape index (κ1) is 31.6. The number of furan rings is 1. The molecule has 10 rings (SSSR count). The number of benzene rings is 9. The van der Waals surface area contributed by atoms with Gasteiger partial charge in [-0.25, -0.2) is 0 Å². The summed E-state index contributed by atoms with van der Waals surface area (Å²) in [7, 11) is 0. The number of para-hydroxylation sites is 1. The van der Waals surface area contributed by atoms with E-state index < -0.39 is 0 Å². The van der Waals surface area contributed by atoms with E-state index in [0.717, 1.165) is 50.1 Å². The first-order chi connectivity index (χ1) is 26.7. The van der Waals surface area contributed by atoms with E-state index in [1.165, 1.54) is 44.2 Å². The molecule has 1 heterocycles. The molecule has 0 amide bonds. The molecule has 54 heavy (non-hydrogen) atoms. The summed E-state index contributed by atoms with van der Waals surface area (Å²) < 4.78 is 6.64. The molecule has 0 aliphatic heterocycles. The van der Waals surface area contributed by atoms with Crippen LogP contribution in [0.2, 0.25) is 0 Å². The summed E-state index contributed by atoms with van der Waals surface area (Å²) in [5.41, 5.74) is 14.3. The van der Waals surface area contributed by atoms with Gasteiger partial charge in [0, 0.05) is 33.4 Å². The van der Waals surface area contributed by atoms with Gasteiger partial charge in [-0.05, 0) is 98.2 Å². The minimum absolute atomic E-state index is 0.882. The van der Waals surface area contributed by atoms with Crippen molar-refractivity contribution in [3.05, 3.63) is 212 Å². The van der Waals surface area contributed by atoms with E-state index in [2.05, 4.69) is 211 Å². The van der Waals surface area contributed by atoms with Crippen LogP contribution in [0.25, 0.3) is 77.2 Å². The highest BCUT2D eigenvalue weighted by molar-refractivity contribution is 6.12. The summed E-state index contributed by atoms with van der Waals surface area (Å²) in [6.45, 7) is 0.